The van der Waals surface area contributed by atoms with E-state index in [1.807, 2.05) is 18.3 Å². The fraction of sp³-hybridized carbons (Fsp3) is 0.375. The van der Waals surface area contributed by atoms with Crippen molar-refractivity contribution in [2.45, 2.75) is 24.9 Å². The van der Waals surface area contributed by atoms with Crippen molar-refractivity contribution < 1.29 is 4.74 Å². The van der Waals surface area contributed by atoms with E-state index in [2.05, 4.69) is 17.1 Å². The molecule has 1 aromatic carbocycles. The van der Waals surface area contributed by atoms with Crippen LogP contribution in [0.15, 0.2) is 34.8 Å². The molecule has 3 rings (SSSR count). The lowest BCUT2D eigenvalue weighted by Gasteiger charge is -2.17. The molecule has 1 aliphatic carbocycles. The van der Waals surface area contributed by atoms with Crippen LogP contribution >= 0.6 is 0 Å². The Bertz CT molecular complexity index is 627. The Kier molecular flexibility index (Phi) is 3.29. The normalized spacial score (nSPS) is 27.6. The third-order valence-electron chi connectivity index (χ3n) is 3.93. The minimum absolute atomic E-state index is 0.0657. The van der Waals surface area contributed by atoms with Gasteiger partial charge in [-0.1, -0.05) is 6.08 Å². The molecule has 4 heteroatoms. The lowest BCUT2D eigenvalue weighted by Crippen LogP contribution is -2.08. The van der Waals surface area contributed by atoms with Crippen LogP contribution in [-0.4, -0.2) is 19.4 Å². The molecule has 2 N–H and O–H groups in total. The number of hydrogen-bond donors (Lipinski definition) is 1. The first-order valence-electron chi connectivity index (χ1n) is 6.79. The number of benzene rings is 1. The SMILES string of the molecule is COc1cc(C#N)cc(C2CC=C(C3CC3N)C=N2)c1. The second-order valence-corrected chi connectivity index (χ2v) is 5.35. The van der Waals surface area contributed by atoms with E-state index in [-0.39, 0.29) is 6.04 Å². The number of nitriles is 1. The van der Waals surface area contributed by atoms with E-state index < -0.39 is 0 Å². The molecule has 0 saturated heterocycles. The molecule has 0 aromatic heterocycles. The second kappa shape index (κ2) is 5.10. The van der Waals surface area contributed by atoms with Gasteiger partial charge in [-0.2, -0.15) is 5.26 Å². The first-order valence-corrected chi connectivity index (χ1v) is 6.79. The van der Waals surface area contributed by atoms with Gasteiger partial charge in [-0.3, -0.25) is 4.99 Å². The van der Waals surface area contributed by atoms with E-state index in [1.54, 1.807) is 13.2 Å². The second-order valence-electron chi connectivity index (χ2n) is 5.35. The van der Waals surface area contributed by atoms with Crippen LogP contribution in [0.2, 0.25) is 0 Å². The third kappa shape index (κ3) is 2.45. The summed E-state index contributed by atoms with van der Waals surface area (Å²) in [5.41, 5.74) is 8.75. The van der Waals surface area contributed by atoms with Crippen LogP contribution in [0.25, 0.3) is 0 Å². The minimum Gasteiger partial charge on any atom is -0.497 e. The molecule has 3 atom stereocenters. The van der Waals surface area contributed by atoms with Crippen molar-refractivity contribution in [2.75, 3.05) is 7.11 Å². The Morgan fingerprint density at radius 3 is 2.75 bits per heavy atom. The van der Waals surface area contributed by atoms with Crippen molar-refractivity contribution >= 4 is 6.21 Å². The maximum Gasteiger partial charge on any atom is 0.120 e. The van der Waals surface area contributed by atoms with E-state index >= 15 is 0 Å². The summed E-state index contributed by atoms with van der Waals surface area (Å²) in [6, 6.07) is 8.10. The summed E-state index contributed by atoms with van der Waals surface area (Å²) in [6.45, 7) is 0. The highest BCUT2D eigenvalue weighted by atomic mass is 16.5. The molecule has 3 unspecified atom stereocenters. The molecule has 4 nitrogen and oxygen atoms in total. The Morgan fingerprint density at radius 1 is 1.40 bits per heavy atom. The molecule has 0 radical (unpaired) electrons. The molecule has 1 heterocycles. The molecule has 102 valence electrons. The fourth-order valence-electron chi connectivity index (χ4n) is 2.60. The number of nitrogens with two attached hydrogens (primary N) is 1. The van der Waals surface area contributed by atoms with Gasteiger partial charge in [-0.25, -0.2) is 0 Å². The van der Waals surface area contributed by atoms with Crippen LogP contribution in [-0.2, 0) is 0 Å². The van der Waals surface area contributed by atoms with E-state index in [0.29, 0.717) is 23.3 Å². The molecule has 1 aromatic rings. The zero-order valence-electron chi connectivity index (χ0n) is 11.4. The van der Waals surface area contributed by atoms with E-state index in [9.17, 15) is 0 Å². The van der Waals surface area contributed by atoms with Gasteiger partial charge in [0, 0.05) is 18.2 Å². The van der Waals surface area contributed by atoms with Crippen LogP contribution in [0.4, 0.5) is 0 Å². The summed E-state index contributed by atoms with van der Waals surface area (Å²) in [5, 5.41) is 9.06. The maximum atomic E-state index is 9.06. The molecule has 0 amide bonds. The maximum absolute atomic E-state index is 9.06. The van der Waals surface area contributed by atoms with Crippen molar-refractivity contribution in [1.29, 1.82) is 5.26 Å². The third-order valence-corrected chi connectivity index (χ3v) is 3.93. The Morgan fingerprint density at radius 2 is 2.20 bits per heavy atom. The van der Waals surface area contributed by atoms with Crippen molar-refractivity contribution in [1.82, 2.24) is 0 Å². The van der Waals surface area contributed by atoms with Gasteiger partial charge < -0.3 is 10.5 Å². The van der Waals surface area contributed by atoms with Gasteiger partial charge in [-0.05, 0) is 42.2 Å². The first kappa shape index (κ1) is 12.9. The Hall–Kier alpha value is -2.12. The predicted octanol–water partition coefficient (Wildman–Crippen LogP) is 2.36. The van der Waals surface area contributed by atoms with Gasteiger partial charge in [0.05, 0.1) is 24.8 Å². The molecule has 0 bridgehead atoms. The molecule has 1 saturated carbocycles. The van der Waals surface area contributed by atoms with Crippen LogP contribution in [0.3, 0.4) is 0 Å². The summed E-state index contributed by atoms with van der Waals surface area (Å²) >= 11 is 0. The topological polar surface area (TPSA) is 71.4 Å². The fourth-order valence-corrected chi connectivity index (χ4v) is 2.60. The monoisotopic (exact) mass is 267 g/mol. The van der Waals surface area contributed by atoms with Gasteiger partial charge in [0.15, 0.2) is 0 Å². The molecule has 1 aliphatic heterocycles. The van der Waals surface area contributed by atoms with Crippen LogP contribution in [0, 0.1) is 17.2 Å². The van der Waals surface area contributed by atoms with Crippen molar-refractivity contribution in [3.63, 3.8) is 0 Å². The Labute approximate surface area is 118 Å². The summed E-state index contributed by atoms with van der Waals surface area (Å²) in [6.07, 6.45) is 6.09. The van der Waals surface area contributed by atoms with Crippen LogP contribution in [0.5, 0.6) is 5.75 Å². The number of ether oxygens (including phenoxy) is 1. The van der Waals surface area contributed by atoms with Crippen LogP contribution < -0.4 is 10.5 Å². The first-order chi connectivity index (χ1) is 9.71. The lowest BCUT2D eigenvalue weighted by atomic mass is 9.97. The molecule has 1 fully saturated rings. The highest BCUT2D eigenvalue weighted by Crippen LogP contribution is 2.38. The number of hydrogen-bond acceptors (Lipinski definition) is 4. The molecular weight excluding hydrogens is 250 g/mol. The highest BCUT2D eigenvalue weighted by Gasteiger charge is 2.36. The van der Waals surface area contributed by atoms with Gasteiger partial charge >= 0.3 is 0 Å². The van der Waals surface area contributed by atoms with Crippen LogP contribution in [0.1, 0.15) is 30.0 Å². The zero-order chi connectivity index (χ0) is 14.1. The molecule has 20 heavy (non-hydrogen) atoms. The molecular formula is C16H17N3O. The van der Waals surface area contributed by atoms with Gasteiger partial charge in [-0.15, -0.1) is 0 Å². The smallest absolute Gasteiger partial charge is 0.120 e. The average Bonchev–Trinajstić information content (AvgIpc) is 3.23. The number of dihydropyridines is 1. The number of rotatable bonds is 3. The zero-order valence-corrected chi connectivity index (χ0v) is 11.4. The van der Waals surface area contributed by atoms with E-state index in [0.717, 1.165) is 18.4 Å². The summed E-state index contributed by atoms with van der Waals surface area (Å²) in [5.74, 6) is 1.20. The van der Waals surface area contributed by atoms with E-state index in [4.69, 9.17) is 15.7 Å². The lowest BCUT2D eigenvalue weighted by molar-refractivity contribution is 0.413. The summed E-state index contributed by atoms with van der Waals surface area (Å²) < 4.78 is 5.24. The van der Waals surface area contributed by atoms with Gasteiger partial charge in [0.25, 0.3) is 0 Å². The Balaban J connectivity index is 1.80. The standard InChI is InChI=1S/C16H17N3O/c1-20-13-5-10(8-17)4-12(6-13)16-3-2-11(9-19-16)14-7-15(14)18/h2,4-6,9,14-16H,3,7,18H2,1H3. The van der Waals surface area contributed by atoms with E-state index in [1.165, 1.54) is 5.57 Å². The van der Waals surface area contributed by atoms with Crippen molar-refractivity contribution in [3.05, 3.63) is 41.0 Å². The molecule has 0 spiro atoms. The largest absolute Gasteiger partial charge is 0.497 e. The number of nitrogens with zero attached hydrogens (tertiary/aromatic N) is 2. The van der Waals surface area contributed by atoms with Gasteiger partial charge in [0.2, 0.25) is 0 Å². The molecule has 2 aliphatic rings. The number of methoxy groups -OCH3 is 1. The highest BCUT2D eigenvalue weighted by molar-refractivity contribution is 5.81. The van der Waals surface area contributed by atoms with Gasteiger partial charge in [0.1, 0.15) is 5.75 Å². The predicted molar refractivity (Wildman–Crippen MR) is 77.7 cm³/mol. The summed E-state index contributed by atoms with van der Waals surface area (Å²) in [4.78, 5) is 4.61. The van der Waals surface area contributed by atoms with Crippen molar-refractivity contribution in [3.8, 4) is 11.8 Å². The summed E-state index contributed by atoms with van der Waals surface area (Å²) in [7, 11) is 1.61. The van der Waals surface area contributed by atoms with Crippen molar-refractivity contribution in [2.24, 2.45) is 16.6 Å². The number of aliphatic imine (C=N–C) groups is 1. The average molecular weight is 267 g/mol. The minimum atomic E-state index is 0.0657. The quantitative estimate of drug-likeness (QED) is 0.913.